The first-order valence-corrected chi connectivity index (χ1v) is 10.6. The fraction of sp³-hybridized carbons (Fsp3) is 0.231. The Bertz CT molecular complexity index is 1070. The lowest BCUT2D eigenvalue weighted by Gasteiger charge is -2.18. The number of methoxy groups -OCH3 is 2. The second-order valence-electron chi connectivity index (χ2n) is 7.38. The smallest absolute Gasteiger partial charge is 0.251 e. The van der Waals surface area contributed by atoms with Gasteiger partial charge >= 0.3 is 0 Å². The molecule has 0 saturated carbocycles. The molecule has 0 spiro atoms. The summed E-state index contributed by atoms with van der Waals surface area (Å²) in [6, 6.07) is 21.8. The van der Waals surface area contributed by atoms with E-state index in [-0.39, 0.29) is 18.4 Å². The van der Waals surface area contributed by atoms with Gasteiger partial charge in [0.25, 0.3) is 5.91 Å². The van der Waals surface area contributed by atoms with Crippen molar-refractivity contribution < 1.29 is 23.8 Å². The van der Waals surface area contributed by atoms with Gasteiger partial charge in [-0.25, -0.2) is 0 Å². The average Bonchev–Trinajstić information content (AvgIpc) is 2.86. The SMILES string of the molecule is COc1ccc(CCN(C)C(=O)CNC(=O)c2ccc(Oc3ccccc3)cc2)cc1OC. The molecule has 2 amide bonds. The maximum absolute atomic E-state index is 12.4. The molecule has 3 aromatic carbocycles. The molecule has 3 rings (SSSR count). The quantitative estimate of drug-likeness (QED) is 0.509. The second kappa shape index (κ2) is 11.6. The Morgan fingerprint density at radius 3 is 2.18 bits per heavy atom. The van der Waals surface area contributed by atoms with Gasteiger partial charge in [0.15, 0.2) is 11.5 Å². The molecule has 33 heavy (non-hydrogen) atoms. The summed E-state index contributed by atoms with van der Waals surface area (Å²) in [5.74, 6) is 2.17. The van der Waals surface area contributed by atoms with Gasteiger partial charge in [0, 0.05) is 19.2 Å². The zero-order valence-corrected chi connectivity index (χ0v) is 19.0. The lowest BCUT2D eigenvalue weighted by atomic mass is 10.1. The zero-order chi connectivity index (χ0) is 23.6. The molecular weight excluding hydrogens is 420 g/mol. The summed E-state index contributed by atoms with van der Waals surface area (Å²) in [5.41, 5.74) is 1.48. The predicted molar refractivity (Wildman–Crippen MR) is 126 cm³/mol. The van der Waals surface area contributed by atoms with E-state index in [0.29, 0.717) is 35.8 Å². The van der Waals surface area contributed by atoms with Crippen molar-refractivity contribution in [2.75, 3.05) is 34.4 Å². The average molecular weight is 449 g/mol. The highest BCUT2D eigenvalue weighted by Gasteiger charge is 2.13. The molecule has 0 aliphatic rings. The number of carbonyl (C=O) groups excluding carboxylic acids is 2. The van der Waals surface area contributed by atoms with Gasteiger partial charge in [-0.2, -0.15) is 0 Å². The monoisotopic (exact) mass is 448 g/mol. The van der Waals surface area contributed by atoms with Crippen LogP contribution in [0.2, 0.25) is 0 Å². The first-order valence-electron chi connectivity index (χ1n) is 10.6. The molecule has 0 heterocycles. The third-order valence-corrected chi connectivity index (χ3v) is 5.11. The number of likely N-dealkylation sites (N-methyl/N-ethyl adjacent to an activating group) is 1. The number of carbonyl (C=O) groups is 2. The van der Waals surface area contributed by atoms with Crippen molar-refractivity contribution in [3.8, 4) is 23.0 Å². The molecule has 0 aliphatic heterocycles. The third-order valence-electron chi connectivity index (χ3n) is 5.11. The van der Waals surface area contributed by atoms with E-state index in [1.807, 2.05) is 48.5 Å². The maximum atomic E-state index is 12.4. The van der Waals surface area contributed by atoms with Crippen LogP contribution in [0, 0.1) is 0 Å². The molecule has 0 atom stereocenters. The lowest BCUT2D eigenvalue weighted by Crippen LogP contribution is -2.39. The van der Waals surface area contributed by atoms with Crippen LogP contribution in [0.25, 0.3) is 0 Å². The molecule has 7 heteroatoms. The van der Waals surface area contributed by atoms with Crippen molar-refractivity contribution in [2.45, 2.75) is 6.42 Å². The largest absolute Gasteiger partial charge is 0.493 e. The third kappa shape index (κ3) is 6.74. The normalized spacial score (nSPS) is 10.3. The Hall–Kier alpha value is -4.00. The first-order chi connectivity index (χ1) is 16.0. The predicted octanol–water partition coefficient (Wildman–Crippen LogP) is 3.93. The van der Waals surface area contributed by atoms with Gasteiger partial charge in [0.05, 0.1) is 20.8 Å². The van der Waals surface area contributed by atoms with Gasteiger partial charge in [-0.1, -0.05) is 24.3 Å². The van der Waals surface area contributed by atoms with Gasteiger partial charge in [0.2, 0.25) is 5.91 Å². The summed E-state index contributed by atoms with van der Waals surface area (Å²) < 4.78 is 16.3. The second-order valence-corrected chi connectivity index (χ2v) is 7.38. The molecule has 1 N–H and O–H groups in total. The maximum Gasteiger partial charge on any atom is 0.251 e. The van der Waals surface area contributed by atoms with E-state index in [9.17, 15) is 9.59 Å². The number of hydrogen-bond acceptors (Lipinski definition) is 5. The van der Waals surface area contributed by atoms with E-state index < -0.39 is 0 Å². The fourth-order valence-electron chi connectivity index (χ4n) is 3.15. The van der Waals surface area contributed by atoms with Crippen LogP contribution < -0.4 is 19.5 Å². The number of amides is 2. The fourth-order valence-corrected chi connectivity index (χ4v) is 3.15. The van der Waals surface area contributed by atoms with E-state index in [1.165, 1.54) is 0 Å². The van der Waals surface area contributed by atoms with E-state index >= 15 is 0 Å². The van der Waals surface area contributed by atoms with Crippen molar-refractivity contribution in [1.82, 2.24) is 10.2 Å². The molecule has 0 aliphatic carbocycles. The van der Waals surface area contributed by atoms with Gasteiger partial charge in [0.1, 0.15) is 11.5 Å². The summed E-state index contributed by atoms with van der Waals surface area (Å²) in [5, 5.41) is 2.67. The first kappa shape index (κ1) is 23.7. The van der Waals surface area contributed by atoms with Crippen molar-refractivity contribution in [3.05, 3.63) is 83.9 Å². The van der Waals surface area contributed by atoms with Gasteiger partial charge in [-0.05, 0) is 60.5 Å². The van der Waals surface area contributed by atoms with Crippen LogP contribution in [-0.2, 0) is 11.2 Å². The van der Waals surface area contributed by atoms with E-state index in [2.05, 4.69) is 5.32 Å². The highest BCUT2D eigenvalue weighted by Crippen LogP contribution is 2.27. The number of rotatable bonds is 10. The topological polar surface area (TPSA) is 77.1 Å². The molecule has 0 fully saturated rings. The zero-order valence-electron chi connectivity index (χ0n) is 19.0. The summed E-state index contributed by atoms with van der Waals surface area (Å²) in [6.07, 6.45) is 0.652. The van der Waals surface area contributed by atoms with Crippen LogP contribution in [0.1, 0.15) is 15.9 Å². The minimum Gasteiger partial charge on any atom is -0.493 e. The molecule has 172 valence electrons. The van der Waals surface area contributed by atoms with Gasteiger partial charge in [-0.3, -0.25) is 9.59 Å². The number of ether oxygens (including phenoxy) is 3. The van der Waals surface area contributed by atoms with E-state index in [4.69, 9.17) is 14.2 Å². The van der Waals surface area contributed by atoms with Gasteiger partial charge in [-0.15, -0.1) is 0 Å². The summed E-state index contributed by atoms with van der Waals surface area (Å²) in [7, 11) is 4.89. The van der Waals surface area contributed by atoms with Crippen LogP contribution in [-0.4, -0.2) is 51.1 Å². The lowest BCUT2D eigenvalue weighted by molar-refractivity contribution is -0.128. The van der Waals surface area contributed by atoms with Crippen molar-refractivity contribution in [3.63, 3.8) is 0 Å². The van der Waals surface area contributed by atoms with Crippen molar-refractivity contribution in [2.24, 2.45) is 0 Å². The number of hydrogen-bond donors (Lipinski definition) is 1. The van der Waals surface area contributed by atoms with Crippen molar-refractivity contribution in [1.29, 1.82) is 0 Å². The van der Waals surface area contributed by atoms with Crippen molar-refractivity contribution >= 4 is 11.8 Å². The van der Waals surface area contributed by atoms with E-state index in [1.54, 1.807) is 50.4 Å². The number of nitrogens with zero attached hydrogens (tertiary/aromatic N) is 1. The molecule has 0 radical (unpaired) electrons. The van der Waals surface area contributed by atoms with Gasteiger partial charge < -0.3 is 24.4 Å². The minimum absolute atomic E-state index is 0.0798. The Balaban J connectivity index is 1.46. The summed E-state index contributed by atoms with van der Waals surface area (Å²) in [6.45, 7) is 0.430. The standard InChI is InChI=1S/C26H28N2O5/c1-28(16-15-19-9-14-23(31-2)24(17-19)32-3)25(29)18-27-26(30)20-10-12-22(13-11-20)33-21-7-5-4-6-8-21/h4-14,17H,15-16,18H2,1-3H3,(H,27,30). The molecule has 0 aromatic heterocycles. The van der Waals surface area contributed by atoms with Crippen LogP contribution in [0.15, 0.2) is 72.8 Å². The van der Waals surface area contributed by atoms with Crippen LogP contribution in [0.4, 0.5) is 0 Å². The highest BCUT2D eigenvalue weighted by molar-refractivity contribution is 5.96. The Morgan fingerprint density at radius 2 is 1.52 bits per heavy atom. The summed E-state index contributed by atoms with van der Waals surface area (Å²) >= 11 is 0. The Morgan fingerprint density at radius 1 is 0.848 bits per heavy atom. The molecular formula is C26H28N2O5. The molecule has 3 aromatic rings. The summed E-state index contributed by atoms with van der Waals surface area (Å²) in [4.78, 5) is 26.4. The molecule has 0 bridgehead atoms. The molecule has 0 saturated heterocycles. The van der Waals surface area contributed by atoms with Crippen LogP contribution >= 0.6 is 0 Å². The number of nitrogens with one attached hydrogen (secondary N) is 1. The molecule has 7 nitrogen and oxygen atoms in total. The van der Waals surface area contributed by atoms with Crippen LogP contribution in [0.5, 0.6) is 23.0 Å². The highest BCUT2D eigenvalue weighted by atomic mass is 16.5. The Labute approximate surface area is 193 Å². The molecule has 0 unspecified atom stereocenters. The van der Waals surface area contributed by atoms with Crippen LogP contribution in [0.3, 0.4) is 0 Å². The Kier molecular flexibility index (Phi) is 8.30. The number of benzene rings is 3. The van der Waals surface area contributed by atoms with E-state index in [0.717, 1.165) is 11.3 Å². The number of para-hydroxylation sites is 1. The minimum atomic E-state index is -0.317.